The van der Waals surface area contributed by atoms with Gasteiger partial charge in [0, 0.05) is 30.1 Å². The maximum Gasteiger partial charge on any atom is 0.255 e. The summed E-state index contributed by atoms with van der Waals surface area (Å²) >= 11 is 0. The molecule has 1 aromatic heterocycles. The van der Waals surface area contributed by atoms with Gasteiger partial charge in [-0.25, -0.2) is 4.39 Å². The Morgan fingerprint density at radius 3 is 2.61 bits per heavy atom. The first-order chi connectivity index (χ1) is 15.1. The Morgan fingerprint density at radius 2 is 1.90 bits per heavy atom. The Bertz CT molecular complexity index is 1170. The highest BCUT2D eigenvalue weighted by atomic mass is 19.1. The number of nitriles is 1. The van der Waals surface area contributed by atoms with Gasteiger partial charge >= 0.3 is 0 Å². The molecule has 5 rings (SSSR count). The van der Waals surface area contributed by atoms with Gasteiger partial charge in [-0.3, -0.25) is 14.7 Å². The first kappa shape index (κ1) is 19.1. The van der Waals surface area contributed by atoms with Crippen molar-refractivity contribution in [1.82, 2.24) is 14.8 Å². The second kappa shape index (κ2) is 7.40. The number of nitrogens with zero attached hydrogens (tertiary/aromatic N) is 4. The summed E-state index contributed by atoms with van der Waals surface area (Å²) in [6, 6.07) is 14.9. The third-order valence-corrected chi connectivity index (χ3v) is 5.84. The van der Waals surface area contributed by atoms with E-state index in [1.807, 2.05) is 12.1 Å². The van der Waals surface area contributed by atoms with Crippen molar-refractivity contribution in [3.63, 3.8) is 0 Å². The Kier molecular flexibility index (Phi) is 4.55. The van der Waals surface area contributed by atoms with E-state index in [-0.39, 0.29) is 29.8 Å². The van der Waals surface area contributed by atoms with Gasteiger partial charge in [0.05, 0.1) is 6.04 Å². The van der Waals surface area contributed by atoms with E-state index >= 15 is 0 Å². The van der Waals surface area contributed by atoms with E-state index in [2.05, 4.69) is 18.1 Å². The lowest BCUT2D eigenvalue weighted by molar-refractivity contribution is 0.0816. The molecule has 31 heavy (non-hydrogen) atoms. The first-order valence-corrected chi connectivity index (χ1v) is 10.0. The van der Waals surface area contributed by atoms with Crippen LogP contribution < -0.4 is 4.74 Å². The van der Waals surface area contributed by atoms with Crippen LogP contribution in [0, 0.1) is 23.2 Å². The number of amides is 1. The number of likely N-dealkylation sites (tertiary alicyclic amines) is 1. The van der Waals surface area contributed by atoms with Crippen LogP contribution in [0.25, 0.3) is 11.1 Å². The van der Waals surface area contributed by atoms with Gasteiger partial charge in [-0.05, 0) is 53.9 Å². The standard InChI is InChI=1S/C24H19FN4O2/c1-15-13-28(14-26)23-22(15)29(23)24(30)17-4-2-16(3-5-17)20-12-27-11-10-21(20)31-19-8-6-18(25)7-9-19/h2-12,15,22-23H,13H2,1H3/t15?,22-,23?,29?/m1/s1. The van der Waals surface area contributed by atoms with Gasteiger partial charge in [-0.2, -0.15) is 5.26 Å². The van der Waals surface area contributed by atoms with Gasteiger partial charge in [-0.1, -0.05) is 19.1 Å². The normalized spacial score (nSPS) is 21.4. The predicted octanol–water partition coefficient (Wildman–Crippen LogP) is 4.26. The molecule has 3 atom stereocenters. The van der Waals surface area contributed by atoms with Crippen molar-refractivity contribution in [2.24, 2.45) is 5.92 Å². The fourth-order valence-corrected chi connectivity index (χ4v) is 4.28. The average Bonchev–Trinajstić information content (AvgIpc) is 3.46. The van der Waals surface area contributed by atoms with Crippen molar-refractivity contribution < 1.29 is 13.9 Å². The Hall–Kier alpha value is -3.92. The summed E-state index contributed by atoms with van der Waals surface area (Å²) in [4.78, 5) is 20.6. The highest BCUT2D eigenvalue weighted by molar-refractivity contribution is 5.97. The number of rotatable bonds is 4. The molecule has 2 fully saturated rings. The number of fused-ring (bicyclic) bond motifs is 1. The zero-order chi connectivity index (χ0) is 21.5. The SMILES string of the molecule is CC1CN(C#N)C2[C@@H]1N2C(=O)c1ccc(-c2cnccc2Oc2ccc(F)cc2)cc1. The zero-order valence-corrected chi connectivity index (χ0v) is 16.8. The molecule has 0 bridgehead atoms. The minimum atomic E-state index is -0.328. The van der Waals surface area contributed by atoms with Crippen LogP contribution in [-0.4, -0.2) is 39.4 Å². The molecule has 2 aliphatic heterocycles. The number of carbonyl (C=O) groups excluding carboxylic acids is 1. The molecule has 0 radical (unpaired) electrons. The molecule has 2 aromatic carbocycles. The number of pyridine rings is 1. The molecule has 0 spiro atoms. The van der Waals surface area contributed by atoms with Gasteiger partial charge in [0.2, 0.25) is 0 Å². The summed E-state index contributed by atoms with van der Waals surface area (Å²) in [5, 5.41) is 9.26. The van der Waals surface area contributed by atoms with E-state index in [4.69, 9.17) is 4.74 Å². The Morgan fingerprint density at radius 1 is 1.16 bits per heavy atom. The fraction of sp³-hybridized carbons (Fsp3) is 0.208. The molecular weight excluding hydrogens is 395 g/mol. The molecule has 154 valence electrons. The van der Waals surface area contributed by atoms with Crippen LogP contribution >= 0.6 is 0 Å². The summed E-state index contributed by atoms with van der Waals surface area (Å²) in [7, 11) is 0. The smallest absolute Gasteiger partial charge is 0.255 e. The highest BCUT2D eigenvalue weighted by Gasteiger charge is 2.61. The van der Waals surface area contributed by atoms with Gasteiger partial charge in [-0.15, -0.1) is 0 Å². The largest absolute Gasteiger partial charge is 0.457 e. The molecule has 2 aliphatic rings. The number of halogens is 1. The molecule has 6 nitrogen and oxygen atoms in total. The Labute approximate surface area is 179 Å². The molecule has 3 aromatic rings. The van der Waals surface area contributed by atoms with E-state index in [1.165, 1.54) is 12.1 Å². The summed E-state index contributed by atoms with van der Waals surface area (Å²) in [6.07, 6.45) is 5.39. The lowest BCUT2D eigenvalue weighted by Gasteiger charge is -2.17. The quantitative estimate of drug-likeness (QED) is 0.471. The molecule has 0 saturated carbocycles. The molecule has 0 N–H and O–H groups in total. The number of benzene rings is 2. The highest BCUT2D eigenvalue weighted by Crippen LogP contribution is 2.44. The van der Waals surface area contributed by atoms with Crippen LogP contribution in [0.5, 0.6) is 11.5 Å². The number of hydrogen-bond donors (Lipinski definition) is 0. The summed E-state index contributed by atoms with van der Waals surface area (Å²) in [5.41, 5.74) is 2.19. The van der Waals surface area contributed by atoms with Crippen LogP contribution in [0.1, 0.15) is 17.3 Å². The van der Waals surface area contributed by atoms with Crippen molar-refractivity contribution in [1.29, 1.82) is 5.26 Å². The molecule has 0 aliphatic carbocycles. The molecule has 7 heteroatoms. The lowest BCUT2D eigenvalue weighted by Crippen LogP contribution is -2.30. The van der Waals surface area contributed by atoms with Gasteiger partial charge < -0.3 is 9.64 Å². The predicted molar refractivity (Wildman–Crippen MR) is 111 cm³/mol. The number of aromatic nitrogens is 1. The lowest BCUT2D eigenvalue weighted by atomic mass is 10.0. The molecule has 2 saturated heterocycles. The van der Waals surface area contributed by atoms with Crippen LogP contribution in [0.15, 0.2) is 67.0 Å². The fourth-order valence-electron chi connectivity index (χ4n) is 4.28. The number of hydrogen-bond acceptors (Lipinski definition) is 5. The van der Waals surface area contributed by atoms with Crippen molar-refractivity contribution in [3.8, 4) is 28.8 Å². The maximum absolute atomic E-state index is 13.2. The van der Waals surface area contributed by atoms with E-state index in [9.17, 15) is 14.4 Å². The van der Waals surface area contributed by atoms with E-state index in [0.29, 0.717) is 23.6 Å². The van der Waals surface area contributed by atoms with Gasteiger partial charge in [0.15, 0.2) is 6.19 Å². The van der Waals surface area contributed by atoms with Crippen molar-refractivity contribution in [3.05, 3.63) is 78.4 Å². The van der Waals surface area contributed by atoms with Crippen molar-refractivity contribution in [2.45, 2.75) is 19.1 Å². The first-order valence-electron chi connectivity index (χ1n) is 10.0. The second-order valence-corrected chi connectivity index (χ2v) is 7.85. The average molecular weight is 414 g/mol. The number of carbonyl (C=O) groups is 1. The summed E-state index contributed by atoms with van der Waals surface area (Å²) in [6.45, 7) is 2.77. The van der Waals surface area contributed by atoms with E-state index in [0.717, 1.165) is 11.1 Å². The molecule has 3 heterocycles. The van der Waals surface area contributed by atoms with Crippen LogP contribution in [0.4, 0.5) is 4.39 Å². The Balaban J connectivity index is 1.36. The van der Waals surface area contributed by atoms with Gasteiger partial charge in [0.1, 0.15) is 23.5 Å². The minimum absolute atomic E-state index is 0.0673. The van der Waals surface area contributed by atoms with E-state index in [1.54, 1.807) is 52.5 Å². The van der Waals surface area contributed by atoms with Gasteiger partial charge in [0.25, 0.3) is 5.91 Å². The minimum Gasteiger partial charge on any atom is -0.457 e. The number of ether oxygens (including phenoxy) is 1. The summed E-state index contributed by atoms with van der Waals surface area (Å²) in [5.74, 6) is 0.992. The van der Waals surface area contributed by atoms with E-state index < -0.39 is 0 Å². The van der Waals surface area contributed by atoms with Crippen LogP contribution in [-0.2, 0) is 0 Å². The van der Waals surface area contributed by atoms with Crippen molar-refractivity contribution in [2.75, 3.05) is 6.54 Å². The molecule has 1 amide bonds. The van der Waals surface area contributed by atoms with Crippen LogP contribution in [0.3, 0.4) is 0 Å². The molecular formula is C24H19FN4O2. The van der Waals surface area contributed by atoms with Crippen molar-refractivity contribution >= 4 is 5.91 Å². The third kappa shape index (κ3) is 3.36. The van der Waals surface area contributed by atoms with Crippen LogP contribution in [0.2, 0.25) is 0 Å². The molecule has 2 unspecified atom stereocenters. The topological polar surface area (TPSA) is 69.2 Å². The second-order valence-electron chi connectivity index (χ2n) is 7.85. The monoisotopic (exact) mass is 414 g/mol. The zero-order valence-electron chi connectivity index (χ0n) is 16.8. The summed E-state index contributed by atoms with van der Waals surface area (Å²) < 4.78 is 19.1. The maximum atomic E-state index is 13.2. The third-order valence-electron chi connectivity index (χ3n) is 5.84.